The Morgan fingerprint density at radius 3 is 2.57 bits per heavy atom. The number of carbonyl (C=O) groups excluding carboxylic acids is 1. The van der Waals surface area contributed by atoms with E-state index >= 15 is 0 Å². The lowest BCUT2D eigenvalue weighted by Crippen LogP contribution is -2.49. The highest BCUT2D eigenvalue weighted by molar-refractivity contribution is 5.81. The molecule has 0 aromatic rings. The maximum atomic E-state index is 13.5. The smallest absolute Gasteiger partial charge is 0.225 e. The molecule has 0 aromatic heterocycles. The van der Waals surface area contributed by atoms with Gasteiger partial charge >= 0.3 is 0 Å². The van der Waals surface area contributed by atoms with Gasteiger partial charge in [0.2, 0.25) is 5.91 Å². The van der Waals surface area contributed by atoms with Gasteiger partial charge < -0.3 is 4.90 Å². The third-order valence-corrected chi connectivity index (χ3v) is 5.73. The second-order valence-corrected chi connectivity index (χ2v) is 7.44. The van der Waals surface area contributed by atoms with Crippen LogP contribution in [0.2, 0.25) is 0 Å². The van der Waals surface area contributed by atoms with E-state index in [0.29, 0.717) is 30.7 Å². The quantitative estimate of drug-likeness (QED) is 0.667. The lowest BCUT2D eigenvalue weighted by atomic mass is 9.92. The number of hydroxylamine groups is 1. The molecule has 3 saturated heterocycles. The number of halogens is 1. The summed E-state index contributed by atoms with van der Waals surface area (Å²) >= 11 is 0. The maximum absolute atomic E-state index is 13.5. The Bertz CT molecular complexity index is 440. The van der Waals surface area contributed by atoms with Crippen LogP contribution in [0, 0.1) is 17.8 Å². The maximum Gasteiger partial charge on any atom is 0.225 e. The first-order valence-corrected chi connectivity index (χ1v) is 9.04. The van der Waals surface area contributed by atoms with Crippen molar-refractivity contribution in [3.63, 3.8) is 0 Å². The molecule has 4 atom stereocenters. The largest absolute Gasteiger partial charge is 0.342 e. The minimum absolute atomic E-state index is 0.105. The third kappa shape index (κ3) is 3.52. The van der Waals surface area contributed by atoms with Crippen LogP contribution in [-0.2, 0) is 9.63 Å². The highest BCUT2D eigenvalue weighted by Crippen LogP contribution is 2.33. The van der Waals surface area contributed by atoms with Crippen molar-refractivity contribution in [3.8, 4) is 0 Å². The Morgan fingerprint density at radius 1 is 1.09 bits per heavy atom. The van der Waals surface area contributed by atoms with Crippen molar-refractivity contribution in [3.05, 3.63) is 0 Å². The molecule has 3 N–H and O–H groups in total. The molecule has 4 rings (SSSR count). The summed E-state index contributed by atoms with van der Waals surface area (Å²) in [5.41, 5.74) is 3.11. The van der Waals surface area contributed by atoms with Gasteiger partial charge in [0, 0.05) is 24.9 Å². The van der Waals surface area contributed by atoms with E-state index in [1.807, 2.05) is 4.90 Å². The highest BCUT2D eigenvalue weighted by Gasteiger charge is 2.40. The number of carbonyl (C=O) groups is 1. The van der Waals surface area contributed by atoms with Crippen LogP contribution in [0.3, 0.4) is 0 Å². The first kappa shape index (κ1) is 15.7. The summed E-state index contributed by atoms with van der Waals surface area (Å²) in [7, 11) is 0. The summed E-state index contributed by atoms with van der Waals surface area (Å²) in [6.45, 7) is 2.41. The molecule has 0 radical (unpaired) electrons. The van der Waals surface area contributed by atoms with Crippen LogP contribution in [0.25, 0.3) is 0 Å². The van der Waals surface area contributed by atoms with E-state index in [1.165, 1.54) is 0 Å². The number of nitrogens with one attached hydrogen (secondary N) is 3. The summed E-state index contributed by atoms with van der Waals surface area (Å²) in [5.74, 6) is 1.34. The fourth-order valence-electron chi connectivity index (χ4n) is 4.07. The predicted molar refractivity (Wildman–Crippen MR) is 82.6 cm³/mol. The standard InChI is InChI=1S/C16H27FN4O2/c17-13-9-12(3-6-18-13)15-19-14(20-23-15)10-4-7-21(8-5-10)16(22)11-1-2-11/h10-15,18-20H,1-9H2. The van der Waals surface area contributed by atoms with Crippen LogP contribution in [-0.4, -0.2) is 49.1 Å². The van der Waals surface area contributed by atoms with Crippen LogP contribution in [0.4, 0.5) is 4.39 Å². The van der Waals surface area contributed by atoms with Gasteiger partial charge in [-0.3, -0.25) is 20.3 Å². The van der Waals surface area contributed by atoms with Gasteiger partial charge in [-0.05, 0) is 51.0 Å². The number of piperidine rings is 2. The van der Waals surface area contributed by atoms with Gasteiger partial charge in [-0.15, -0.1) is 0 Å². The Balaban J connectivity index is 1.25. The number of alkyl halides is 1. The van der Waals surface area contributed by atoms with Gasteiger partial charge in [0.15, 0.2) is 6.30 Å². The number of hydrogen-bond acceptors (Lipinski definition) is 5. The molecule has 1 saturated carbocycles. The molecular weight excluding hydrogens is 299 g/mol. The molecule has 1 aliphatic carbocycles. The van der Waals surface area contributed by atoms with Crippen molar-refractivity contribution in [2.75, 3.05) is 19.6 Å². The zero-order valence-electron chi connectivity index (χ0n) is 13.5. The predicted octanol–water partition coefficient (Wildman–Crippen LogP) is 0.707. The van der Waals surface area contributed by atoms with E-state index < -0.39 is 6.30 Å². The van der Waals surface area contributed by atoms with Gasteiger partial charge in [0.25, 0.3) is 0 Å². The van der Waals surface area contributed by atoms with Gasteiger partial charge in [-0.2, -0.15) is 5.48 Å². The molecule has 0 aromatic carbocycles. The molecular formula is C16H27FN4O2. The van der Waals surface area contributed by atoms with Crippen LogP contribution in [0.15, 0.2) is 0 Å². The van der Waals surface area contributed by atoms with Crippen molar-refractivity contribution in [1.29, 1.82) is 0 Å². The van der Waals surface area contributed by atoms with E-state index in [2.05, 4.69) is 16.1 Å². The fraction of sp³-hybridized carbons (Fsp3) is 0.938. The third-order valence-electron chi connectivity index (χ3n) is 5.73. The molecule has 3 aliphatic heterocycles. The molecule has 4 unspecified atom stereocenters. The summed E-state index contributed by atoms with van der Waals surface area (Å²) in [5, 5.41) is 6.33. The fourth-order valence-corrected chi connectivity index (χ4v) is 4.07. The Hall–Kier alpha value is -0.760. The van der Waals surface area contributed by atoms with Gasteiger partial charge in [-0.25, -0.2) is 4.39 Å². The first-order chi connectivity index (χ1) is 11.2. The van der Waals surface area contributed by atoms with E-state index in [9.17, 15) is 9.18 Å². The summed E-state index contributed by atoms with van der Waals surface area (Å²) in [6, 6.07) is 0. The van der Waals surface area contributed by atoms with Crippen molar-refractivity contribution in [2.45, 2.75) is 57.2 Å². The monoisotopic (exact) mass is 326 g/mol. The van der Waals surface area contributed by atoms with Crippen molar-refractivity contribution in [1.82, 2.24) is 21.0 Å². The van der Waals surface area contributed by atoms with E-state index in [4.69, 9.17) is 4.84 Å². The lowest BCUT2D eigenvalue weighted by Gasteiger charge is -2.35. The average Bonchev–Trinajstić information content (AvgIpc) is 3.31. The second-order valence-electron chi connectivity index (χ2n) is 7.44. The Labute approximate surface area is 136 Å². The number of likely N-dealkylation sites (tertiary alicyclic amines) is 1. The number of nitrogens with zero attached hydrogens (tertiary/aromatic N) is 1. The van der Waals surface area contributed by atoms with Crippen LogP contribution in [0.5, 0.6) is 0 Å². The molecule has 4 aliphatic rings. The van der Waals surface area contributed by atoms with Crippen molar-refractivity contribution >= 4 is 5.91 Å². The van der Waals surface area contributed by atoms with Crippen molar-refractivity contribution in [2.24, 2.45) is 17.8 Å². The molecule has 0 spiro atoms. The first-order valence-electron chi connectivity index (χ1n) is 9.04. The highest BCUT2D eigenvalue weighted by atomic mass is 19.1. The molecule has 6 nitrogen and oxygen atoms in total. The zero-order chi connectivity index (χ0) is 15.8. The van der Waals surface area contributed by atoms with Crippen LogP contribution >= 0.6 is 0 Å². The van der Waals surface area contributed by atoms with E-state index in [1.54, 1.807) is 0 Å². The minimum atomic E-state index is -0.921. The summed E-state index contributed by atoms with van der Waals surface area (Å²) in [6.07, 6.45) is 4.67. The summed E-state index contributed by atoms with van der Waals surface area (Å²) in [4.78, 5) is 19.8. The average molecular weight is 326 g/mol. The van der Waals surface area contributed by atoms with E-state index in [0.717, 1.165) is 45.2 Å². The normalized spacial score (nSPS) is 39.6. The Kier molecular flexibility index (Phi) is 4.54. The topological polar surface area (TPSA) is 65.6 Å². The number of rotatable bonds is 3. The van der Waals surface area contributed by atoms with Crippen molar-refractivity contribution < 1.29 is 14.0 Å². The van der Waals surface area contributed by atoms with Gasteiger partial charge in [0.05, 0.1) is 6.17 Å². The summed E-state index contributed by atoms with van der Waals surface area (Å²) < 4.78 is 13.5. The molecule has 7 heteroatoms. The van der Waals surface area contributed by atoms with Gasteiger partial charge in [-0.1, -0.05) is 0 Å². The van der Waals surface area contributed by atoms with Gasteiger partial charge in [0.1, 0.15) is 6.23 Å². The Morgan fingerprint density at radius 2 is 1.87 bits per heavy atom. The molecule has 0 bridgehead atoms. The molecule has 130 valence electrons. The number of hydrogen-bond donors (Lipinski definition) is 3. The lowest BCUT2D eigenvalue weighted by molar-refractivity contribution is -0.134. The van der Waals surface area contributed by atoms with E-state index in [-0.39, 0.29) is 18.3 Å². The molecule has 1 amide bonds. The minimum Gasteiger partial charge on any atom is -0.342 e. The zero-order valence-corrected chi connectivity index (χ0v) is 13.5. The molecule has 4 fully saturated rings. The van der Waals surface area contributed by atoms with Crippen LogP contribution < -0.4 is 16.1 Å². The molecule has 23 heavy (non-hydrogen) atoms. The molecule has 3 heterocycles. The van der Waals surface area contributed by atoms with Crippen LogP contribution in [0.1, 0.15) is 38.5 Å². The second kappa shape index (κ2) is 6.63. The number of amides is 1. The SMILES string of the molecule is O=C(C1CC1)N1CCC(C2NOC(C3CCNC(F)C3)N2)CC1.